The van der Waals surface area contributed by atoms with Crippen LogP contribution in [-0.4, -0.2) is 20.5 Å². The van der Waals surface area contributed by atoms with Gasteiger partial charge in [-0.05, 0) is 0 Å². The molecule has 0 aromatic carbocycles. The Balaban J connectivity index is 2.81. The molecule has 0 fully saturated rings. The van der Waals surface area contributed by atoms with Crippen LogP contribution >= 0.6 is 0 Å². The van der Waals surface area contributed by atoms with Crippen LogP contribution in [0.3, 0.4) is 0 Å². The Morgan fingerprint density at radius 3 is 2.88 bits per heavy atom. The van der Waals surface area contributed by atoms with E-state index in [4.69, 9.17) is 0 Å². The summed E-state index contributed by atoms with van der Waals surface area (Å²) in [6, 6.07) is 0. The Kier molecular flexibility index (Phi) is 2.11. The summed E-state index contributed by atoms with van der Waals surface area (Å²) in [7, 11) is 1.30. The van der Waals surface area contributed by atoms with Crippen LogP contribution in [0.1, 0.15) is 0 Å². The van der Waals surface area contributed by atoms with Crippen molar-refractivity contribution in [1.29, 1.82) is 0 Å². The molecule has 2 heterocycles. The standard InChI is InChI=1S/C8H8N4O4/c1-11-7(15)5-6(10-8(11)16)9-3-12(5)2-4(13)14/h3H,2H2,1H3,(H2,10,13,14,15,16). The monoisotopic (exact) mass is 224 g/mol. The highest BCUT2D eigenvalue weighted by Crippen LogP contribution is 1.93. The lowest BCUT2D eigenvalue weighted by Gasteiger charge is -1.98. The van der Waals surface area contributed by atoms with Gasteiger partial charge in [0.2, 0.25) is 6.33 Å². The van der Waals surface area contributed by atoms with Crippen molar-refractivity contribution in [2.75, 3.05) is 0 Å². The van der Waals surface area contributed by atoms with E-state index >= 15 is 0 Å². The van der Waals surface area contributed by atoms with Gasteiger partial charge in [-0.25, -0.2) is 14.3 Å². The molecule has 0 radical (unpaired) electrons. The maximum Gasteiger partial charge on any atom is 0.331 e. The number of carbonyl (C=O) groups is 1. The molecule has 0 amide bonds. The molecule has 0 saturated carbocycles. The Labute approximate surface area is 87.8 Å². The summed E-state index contributed by atoms with van der Waals surface area (Å²) < 4.78 is 2.03. The van der Waals surface area contributed by atoms with Crippen LogP contribution in [0.15, 0.2) is 15.9 Å². The highest BCUT2D eigenvalue weighted by atomic mass is 16.4. The van der Waals surface area contributed by atoms with Crippen molar-refractivity contribution in [1.82, 2.24) is 14.5 Å². The van der Waals surface area contributed by atoms with Gasteiger partial charge in [-0.2, -0.15) is 0 Å². The Morgan fingerprint density at radius 2 is 2.25 bits per heavy atom. The number of hydrogen-bond donors (Lipinski definition) is 2. The number of aliphatic carboxylic acids is 1. The zero-order valence-corrected chi connectivity index (χ0v) is 8.31. The minimum Gasteiger partial charge on any atom is -0.546 e. The van der Waals surface area contributed by atoms with Crippen molar-refractivity contribution in [3.8, 4) is 0 Å². The van der Waals surface area contributed by atoms with Gasteiger partial charge in [-0.15, -0.1) is 0 Å². The molecule has 0 bridgehead atoms. The van der Waals surface area contributed by atoms with E-state index in [1.807, 2.05) is 0 Å². The summed E-state index contributed by atoms with van der Waals surface area (Å²) >= 11 is 0. The molecule has 8 heteroatoms. The summed E-state index contributed by atoms with van der Waals surface area (Å²) in [5.41, 5.74) is -0.859. The molecular weight excluding hydrogens is 216 g/mol. The molecule has 2 rings (SSSR count). The van der Waals surface area contributed by atoms with Crippen molar-refractivity contribution >= 4 is 17.1 Å². The maximum atomic E-state index is 11.7. The number of hydrogen-bond acceptors (Lipinski definition) is 4. The van der Waals surface area contributed by atoms with Crippen molar-refractivity contribution in [2.24, 2.45) is 7.05 Å². The number of rotatable bonds is 2. The van der Waals surface area contributed by atoms with Gasteiger partial charge < -0.3 is 9.90 Å². The molecule has 84 valence electrons. The second-order valence-electron chi connectivity index (χ2n) is 3.29. The molecule has 0 aliphatic rings. The fourth-order valence-corrected chi connectivity index (χ4v) is 1.45. The molecule has 8 nitrogen and oxygen atoms in total. The number of carboxylic acid groups (broad SMARTS) is 1. The zero-order valence-electron chi connectivity index (χ0n) is 8.31. The van der Waals surface area contributed by atoms with Gasteiger partial charge in [0.05, 0.1) is 5.97 Å². The number of H-pyrrole nitrogens is 2. The summed E-state index contributed by atoms with van der Waals surface area (Å²) in [6.45, 7) is -0.457. The van der Waals surface area contributed by atoms with Crippen LogP contribution < -0.4 is 20.9 Å². The SMILES string of the molecule is Cn1c(=O)[nH]c2[nH]c[n+](CC(=O)[O-])c2c1=O. The molecule has 2 aromatic heterocycles. The lowest BCUT2D eigenvalue weighted by atomic mass is 10.5. The first-order chi connectivity index (χ1) is 7.50. The molecule has 0 atom stereocenters. The highest BCUT2D eigenvalue weighted by molar-refractivity contribution is 5.66. The highest BCUT2D eigenvalue weighted by Gasteiger charge is 2.16. The van der Waals surface area contributed by atoms with Gasteiger partial charge in [0, 0.05) is 7.05 Å². The molecule has 0 aliphatic heterocycles. The van der Waals surface area contributed by atoms with E-state index in [2.05, 4.69) is 9.97 Å². The summed E-state index contributed by atoms with van der Waals surface area (Å²) in [5.74, 6) is -1.32. The number of carbonyl (C=O) groups excluding carboxylic acids is 1. The minimum absolute atomic E-state index is 0.0892. The topological polar surface area (TPSA) is 115 Å². The van der Waals surface area contributed by atoms with Gasteiger partial charge in [0.25, 0.3) is 11.2 Å². The number of aromatic amines is 2. The third kappa shape index (κ3) is 1.40. The first-order valence-electron chi connectivity index (χ1n) is 4.40. The average molecular weight is 224 g/mol. The predicted molar refractivity (Wildman–Crippen MR) is 49.4 cm³/mol. The van der Waals surface area contributed by atoms with E-state index in [9.17, 15) is 19.5 Å². The van der Waals surface area contributed by atoms with Crippen molar-refractivity contribution < 1.29 is 14.5 Å². The zero-order chi connectivity index (χ0) is 11.9. The van der Waals surface area contributed by atoms with Gasteiger partial charge >= 0.3 is 11.2 Å². The first-order valence-corrected chi connectivity index (χ1v) is 4.40. The molecule has 0 saturated heterocycles. The second-order valence-corrected chi connectivity index (χ2v) is 3.29. The third-order valence-electron chi connectivity index (χ3n) is 2.23. The largest absolute Gasteiger partial charge is 0.546 e. The smallest absolute Gasteiger partial charge is 0.331 e. The van der Waals surface area contributed by atoms with Crippen LogP contribution in [0.25, 0.3) is 11.2 Å². The van der Waals surface area contributed by atoms with Crippen LogP contribution in [0.5, 0.6) is 0 Å². The maximum absolute atomic E-state index is 11.7. The second kappa shape index (κ2) is 3.33. The minimum atomic E-state index is -1.32. The molecule has 0 aliphatic carbocycles. The molecule has 16 heavy (non-hydrogen) atoms. The van der Waals surface area contributed by atoms with Gasteiger partial charge in [-0.3, -0.25) is 14.3 Å². The van der Waals surface area contributed by atoms with Gasteiger partial charge in [0.15, 0.2) is 0 Å². The molecular formula is C8H8N4O4. The molecule has 2 N–H and O–H groups in total. The van der Waals surface area contributed by atoms with E-state index in [-0.39, 0.29) is 11.2 Å². The number of aromatic nitrogens is 4. The van der Waals surface area contributed by atoms with E-state index in [0.29, 0.717) is 0 Å². The summed E-state index contributed by atoms with van der Waals surface area (Å²) in [6.07, 6.45) is 1.29. The fraction of sp³-hybridized carbons (Fsp3) is 0.250. The summed E-state index contributed by atoms with van der Waals surface area (Å²) in [4.78, 5) is 38.4. The number of imidazole rings is 1. The Bertz CT molecular complexity index is 677. The molecule has 0 unspecified atom stereocenters. The van der Waals surface area contributed by atoms with Gasteiger partial charge in [-0.1, -0.05) is 0 Å². The van der Waals surface area contributed by atoms with Gasteiger partial charge in [0.1, 0.15) is 6.54 Å². The quantitative estimate of drug-likeness (QED) is 0.517. The van der Waals surface area contributed by atoms with Crippen LogP contribution in [-0.2, 0) is 18.4 Å². The fourth-order valence-electron chi connectivity index (χ4n) is 1.45. The Morgan fingerprint density at radius 1 is 1.56 bits per heavy atom. The van der Waals surface area contributed by atoms with Crippen molar-refractivity contribution in [2.45, 2.75) is 6.54 Å². The van der Waals surface area contributed by atoms with Crippen molar-refractivity contribution in [3.63, 3.8) is 0 Å². The first kappa shape index (κ1) is 10.1. The van der Waals surface area contributed by atoms with Crippen LogP contribution in [0, 0.1) is 0 Å². The van der Waals surface area contributed by atoms with Crippen molar-refractivity contribution in [3.05, 3.63) is 27.2 Å². The number of fused-ring (bicyclic) bond motifs is 1. The lowest BCUT2D eigenvalue weighted by Crippen LogP contribution is -2.46. The number of nitrogens with zero attached hydrogens (tertiary/aromatic N) is 2. The molecule has 2 aromatic rings. The van der Waals surface area contributed by atoms with E-state index < -0.39 is 23.8 Å². The predicted octanol–water partition coefficient (Wildman–Crippen LogP) is -3.41. The van der Waals surface area contributed by atoms with E-state index in [0.717, 1.165) is 4.57 Å². The Hall–Kier alpha value is -2.38. The van der Waals surface area contributed by atoms with E-state index in [1.165, 1.54) is 17.9 Å². The molecule has 0 spiro atoms. The normalized spacial score (nSPS) is 10.8. The number of nitrogens with one attached hydrogen (secondary N) is 2. The van der Waals surface area contributed by atoms with Crippen LogP contribution in [0.4, 0.5) is 0 Å². The summed E-state index contributed by atoms with van der Waals surface area (Å²) in [5, 5.41) is 10.4. The van der Waals surface area contributed by atoms with E-state index in [1.54, 1.807) is 0 Å². The number of carboxylic acids is 1. The lowest BCUT2D eigenvalue weighted by molar-refractivity contribution is -0.666. The third-order valence-corrected chi connectivity index (χ3v) is 2.23. The van der Waals surface area contributed by atoms with Crippen LogP contribution in [0.2, 0.25) is 0 Å². The average Bonchev–Trinajstić information content (AvgIpc) is 2.57.